The van der Waals surface area contributed by atoms with Gasteiger partial charge in [0.25, 0.3) is 0 Å². The fourth-order valence-electron chi connectivity index (χ4n) is 2.88. The normalized spacial score (nSPS) is 11.5. The van der Waals surface area contributed by atoms with Crippen molar-refractivity contribution in [2.45, 2.75) is 13.5 Å². The lowest BCUT2D eigenvalue weighted by Crippen LogP contribution is -2.25. The van der Waals surface area contributed by atoms with E-state index in [-0.39, 0.29) is 12.3 Å². The Hall–Kier alpha value is -2.59. The van der Waals surface area contributed by atoms with E-state index >= 15 is 0 Å². The average Bonchev–Trinajstić information content (AvgIpc) is 2.81. The molecule has 0 aliphatic rings. The summed E-state index contributed by atoms with van der Waals surface area (Å²) in [6.07, 6.45) is 3.97. The monoisotopic (exact) mass is 339 g/mol. The number of hydrogen-bond donors (Lipinski definition) is 1. The Morgan fingerprint density at radius 1 is 1.21 bits per heavy atom. The molecule has 3 aromatic rings. The summed E-state index contributed by atoms with van der Waals surface area (Å²) in [5.41, 5.74) is 3.74. The second-order valence-electron chi connectivity index (χ2n) is 5.61. The summed E-state index contributed by atoms with van der Waals surface area (Å²) in [5.74, 6) is -0.0471. The summed E-state index contributed by atoms with van der Waals surface area (Å²) in [4.78, 5) is 12.6. The number of carbonyl (C=O) groups excluding carboxylic acids is 1. The summed E-state index contributed by atoms with van der Waals surface area (Å²) >= 11 is 5.87. The van der Waals surface area contributed by atoms with Crippen molar-refractivity contribution >= 4 is 34.5 Å². The summed E-state index contributed by atoms with van der Waals surface area (Å²) in [5, 5.41) is 8.97. The van der Waals surface area contributed by atoms with Gasteiger partial charge in [-0.25, -0.2) is 0 Å². The van der Waals surface area contributed by atoms with Crippen LogP contribution in [0.1, 0.15) is 22.8 Å². The van der Waals surface area contributed by atoms with Crippen molar-refractivity contribution in [1.82, 2.24) is 9.13 Å². The van der Waals surface area contributed by atoms with Crippen LogP contribution in [0.3, 0.4) is 0 Å². The van der Waals surface area contributed by atoms with Crippen molar-refractivity contribution in [3.05, 3.63) is 70.3 Å². The minimum Gasteiger partial charge on any atom is -0.313 e. The fraction of sp³-hybridized carbons (Fsp3) is 0.158. The van der Waals surface area contributed by atoms with Crippen LogP contribution in [0.5, 0.6) is 0 Å². The largest absolute Gasteiger partial charge is 0.313 e. The smallest absolute Gasteiger partial charge is 0.203 e. The molecule has 2 aromatic carbocycles. The zero-order valence-corrected chi connectivity index (χ0v) is 14.3. The second kappa shape index (κ2) is 6.49. The van der Waals surface area contributed by atoms with E-state index in [0.717, 1.165) is 16.6 Å². The number of rotatable bonds is 4. The Morgan fingerprint density at radius 2 is 1.92 bits per heavy atom. The molecular formula is C19H18ClN3O. The van der Waals surface area contributed by atoms with Gasteiger partial charge in [-0.15, -0.1) is 0 Å². The molecule has 1 N–H and O–H groups in total. The molecule has 0 bridgehead atoms. The Labute approximate surface area is 145 Å². The van der Waals surface area contributed by atoms with Crippen LogP contribution in [-0.2, 0) is 13.6 Å². The minimum absolute atomic E-state index is 0.0471. The lowest BCUT2D eigenvalue weighted by atomic mass is 10.1. The van der Waals surface area contributed by atoms with Gasteiger partial charge in [-0.05, 0) is 37.3 Å². The molecule has 3 rings (SSSR count). The molecule has 0 aliphatic heterocycles. The quantitative estimate of drug-likeness (QED) is 0.717. The molecule has 24 heavy (non-hydrogen) atoms. The first-order valence-electron chi connectivity index (χ1n) is 7.67. The number of aromatic nitrogens is 2. The molecule has 0 spiro atoms. The van der Waals surface area contributed by atoms with Crippen LogP contribution in [0, 0.1) is 5.41 Å². The zero-order valence-electron chi connectivity index (χ0n) is 13.6. The maximum atomic E-state index is 12.6. The number of aryl methyl sites for hydroxylation is 1. The first kappa shape index (κ1) is 16.3. The molecule has 1 aromatic heterocycles. The third kappa shape index (κ3) is 2.81. The Balaban J connectivity index is 2.08. The molecule has 0 amide bonds. The highest BCUT2D eigenvalue weighted by atomic mass is 35.5. The van der Waals surface area contributed by atoms with Gasteiger partial charge in [0.15, 0.2) is 5.78 Å². The number of hydrogen-bond acceptors (Lipinski definition) is 2. The lowest BCUT2D eigenvalue weighted by molar-refractivity contribution is 0.0971. The minimum atomic E-state index is -0.0471. The van der Waals surface area contributed by atoms with Gasteiger partial charge < -0.3 is 9.13 Å². The van der Waals surface area contributed by atoms with Gasteiger partial charge in [0.1, 0.15) is 0 Å². The summed E-state index contributed by atoms with van der Waals surface area (Å²) in [7, 11) is 1.85. The number of nitrogens with one attached hydrogen (secondary N) is 1. The van der Waals surface area contributed by atoms with Crippen LogP contribution < -0.4 is 5.62 Å². The Kier molecular flexibility index (Phi) is 4.40. The molecule has 0 fully saturated rings. The summed E-state index contributed by atoms with van der Waals surface area (Å²) < 4.78 is 3.54. The number of fused-ring (bicyclic) bond motifs is 1. The number of para-hydroxylation sites is 1. The molecule has 0 radical (unpaired) electrons. The number of halogens is 1. The maximum Gasteiger partial charge on any atom is 0.203 e. The van der Waals surface area contributed by atoms with Crippen molar-refractivity contribution in [1.29, 1.82) is 5.41 Å². The summed E-state index contributed by atoms with van der Waals surface area (Å²) in [6, 6.07) is 12.7. The molecule has 122 valence electrons. The fourth-order valence-corrected chi connectivity index (χ4v) is 3.00. The zero-order chi connectivity index (χ0) is 17.3. The molecule has 5 heteroatoms. The molecule has 0 aliphatic carbocycles. The van der Waals surface area contributed by atoms with Gasteiger partial charge >= 0.3 is 0 Å². The van der Waals surface area contributed by atoms with E-state index in [2.05, 4.69) is 0 Å². The Bertz CT molecular complexity index is 994. The predicted octanol–water partition coefficient (Wildman–Crippen LogP) is 4.03. The van der Waals surface area contributed by atoms with Gasteiger partial charge in [-0.1, -0.05) is 35.9 Å². The number of benzene rings is 2. The highest BCUT2D eigenvalue weighted by Crippen LogP contribution is 2.19. The first-order valence-corrected chi connectivity index (χ1v) is 8.05. The van der Waals surface area contributed by atoms with Gasteiger partial charge in [-0.3, -0.25) is 10.2 Å². The number of allylic oxidation sites excluding steroid dienone is 1. The van der Waals surface area contributed by atoms with Gasteiger partial charge in [-0.2, -0.15) is 0 Å². The molecule has 0 saturated carbocycles. The standard InChI is InChI=1S/C19H18ClN3O/c1-3-5-14-6-4-7-16-18(14)22(2)19(21)23(16)12-17(24)13-8-10-15(20)11-9-13/h3-11,21H,12H2,1-2H3. The van der Waals surface area contributed by atoms with Crippen LogP contribution in [-0.4, -0.2) is 14.9 Å². The SMILES string of the molecule is CC=Cc1cccc2c1n(C)c(=N)n2CC(=O)c1ccc(Cl)cc1. The van der Waals surface area contributed by atoms with Crippen molar-refractivity contribution in [3.8, 4) is 0 Å². The van der Waals surface area contributed by atoms with Gasteiger partial charge in [0.2, 0.25) is 5.62 Å². The highest BCUT2D eigenvalue weighted by Gasteiger charge is 2.14. The summed E-state index contributed by atoms with van der Waals surface area (Å²) in [6.45, 7) is 2.08. The second-order valence-corrected chi connectivity index (χ2v) is 6.05. The van der Waals surface area contributed by atoms with Crippen molar-refractivity contribution in [3.63, 3.8) is 0 Å². The molecule has 0 saturated heterocycles. The van der Waals surface area contributed by atoms with Gasteiger partial charge in [0, 0.05) is 23.2 Å². The van der Waals surface area contributed by atoms with E-state index < -0.39 is 0 Å². The molecule has 0 atom stereocenters. The van der Waals surface area contributed by atoms with Crippen LogP contribution in [0.4, 0.5) is 0 Å². The van der Waals surface area contributed by atoms with Gasteiger partial charge in [0.05, 0.1) is 17.6 Å². The lowest BCUT2D eigenvalue weighted by Gasteiger charge is -2.05. The van der Waals surface area contributed by atoms with E-state index in [4.69, 9.17) is 17.0 Å². The van der Waals surface area contributed by atoms with E-state index in [1.54, 1.807) is 33.4 Å². The molecule has 1 heterocycles. The molecule has 4 nitrogen and oxygen atoms in total. The first-order chi connectivity index (χ1) is 11.5. The van der Waals surface area contributed by atoms with E-state index in [0.29, 0.717) is 16.2 Å². The average molecular weight is 340 g/mol. The van der Waals surface area contributed by atoms with E-state index in [9.17, 15) is 4.79 Å². The predicted molar refractivity (Wildman–Crippen MR) is 97.3 cm³/mol. The van der Waals surface area contributed by atoms with Crippen LogP contribution >= 0.6 is 11.6 Å². The number of Topliss-reactive ketones (excluding diaryl/α,β-unsaturated/α-hetero) is 1. The maximum absolute atomic E-state index is 12.6. The Morgan fingerprint density at radius 3 is 2.58 bits per heavy atom. The molecular weight excluding hydrogens is 322 g/mol. The molecule has 0 unspecified atom stereocenters. The third-order valence-corrected chi connectivity index (χ3v) is 4.31. The number of nitrogens with zero attached hydrogens (tertiary/aromatic N) is 2. The van der Waals surface area contributed by atoms with Crippen molar-refractivity contribution in [2.75, 3.05) is 0 Å². The topological polar surface area (TPSA) is 50.8 Å². The van der Waals surface area contributed by atoms with E-state index in [1.165, 1.54) is 0 Å². The van der Waals surface area contributed by atoms with Crippen LogP contribution in [0.25, 0.3) is 17.1 Å². The van der Waals surface area contributed by atoms with E-state index in [1.807, 2.05) is 44.3 Å². The van der Waals surface area contributed by atoms with Crippen molar-refractivity contribution < 1.29 is 4.79 Å². The van der Waals surface area contributed by atoms with Crippen LogP contribution in [0.15, 0.2) is 48.5 Å². The third-order valence-electron chi connectivity index (χ3n) is 4.06. The number of ketones is 1. The number of imidazole rings is 1. The number of carbonyl (C=O) groups is 1. The highest BCUT2D eigenvalue weighted by molar-refractivity contribution is 6.30. The van der Waals surface area contributed by atoms with Crippen LogP contribution in [0.2, 0.25) is 5.02 Å². The van der Waals surface area contributed by atoms with Crippen molar-refractivity contribution in [2.24, 2.45) is 7.05 Å².